The maximum absolute atomic E-state index is 14.0. The molecule has 0 atom stereocenters. The normalized spacial score (nSPS) is 10.9. The third-order valence-electron chi connectivity index (χ3n) is 3.45. The summed E-state index contributed by atoms with van der Waals surface area (Å²) in [5, 5.41) is 0. The first-order valence-corrected chi connectivity index (χ1v) is 7.97. The minimum atomic E-state index is -4.38. The molecule has 0 N–H and O–H groups in total. The molecule has 0 unspecified atom stereocenters. The minimum absolute atomic E-state index is 0.106. The van der Waals surface area contributed by atoms with Crippen molar-refractivity contribution in [2.24, 2.45) is 0 Å². The van der Waals surface area contributed by atoms with Crippen LogP contribution in [0.15, 0.2) is 42.5 Å². The van der Waals surface area contributed by atoms with Crippen LogP contribution in [0.2, 0.25) is 0 Å². The van der Waals surface area contributed by atoms with E-state index in [1.165, 1.54) is 30.3 Å². The smallest absolute Gasteiger partial charge is 0.422 e. The summed E-state index contributed by atoms with van der Waals surface area (Å²) in [6, 6.07) is 10.9. The summed E-state index contributed by atoms with van der Waals surface area (Å²) in [6.45, 7) is 0.739. The van der Waals surface area contributed by atoms with Crippen molar-refractivity contribution in [2.75, 3.05) is 6.61 Å². The number of halogens is 4. The van der Waals surface area contributed by atoms with Crippen LogP contribution < -0.4 is 4.74 Å². The van der Waals surface area contributed by atoms with Crippen LogP contribution in [0.25, 0.3) is 0 Å². The standard InChI is InChI=1S/C20H18F4O/c1-2-3-4-16-6-10-17(19(21)13-16)9-5-15-7-11-18(12-8-15)25-14-20(22,23)24/h6-8,10-13H,2-4,14H2,1H3. The first kappa shape index (κ1) is 18.9. The van der Waals surface area contributed by atoms with Crippen LogP contribution in [0.5, 0.6) is 5.75 Å². The molecule has 0 saturated carbocycles. The van der Waals surface area contributed by atoms with Crippen LogP contribution in [-0.4, -0.2) is 12.8 Å². The van der Waals surface area contributed by atoms with Crippen molar-refractivity contribution >= 4 is 0 Å². The van der Waals surface area contributed by atoms with Crippen LogP contribution in [0, 0.1) is 17.7 Å². The number of unbranched alkanes of at least 4 members (excludes halogenated alkanes) is 1. The Balaban J connectivity index is 2.03. The number of benzene rings is 2. The molecule has 0 heterocycles. The second-order valence-corrected chi connectivity index (χ2v) is 5.60. The third-order valence-corrected chi connectivity index (χ3v) is 3.45. The maximum atomic E-state index is 14.0. The van der Waals surface area contributed by atoms with Crippen molar-refractivity contribution in [3.8, 4) is 17.6 Å². The molecular formula is C20H18F4O. The van der Waals surface area contributed by atoms with Gasteiger partial charge in [-0.1, -0.05) is 31.3 Å². The average molecular weight is 350 g/mol. The highest BCUT2D eigenvalue weighted by molar-refractivity contribution is 5.45. The van der Waals surface area contributed by atoms with E-state index in [1.807, 2.05) is 6.07 Å². The Kier molecular flexibility index (Phi) is 6.46. The Morgan fingerprint density at radius 1 is 1.00 bits per heavy atom. The van der Waals surface area contributed by atoms with E-state index in [0.717, 1.165) is 24.8 Å². The summed E-state index contributed by atoms with van der Waals surface area (Å²) >= 11 is 0. The molecule has 132 valence electrons. The largest absolute Gasteiger partial charge is 0.484 e. The van der Waals surface area contributed by atoms with Crippen LogP contribution >= 0.6 is 0 Å². The lowest BCUT2D eigenvalue weighted by molar-refractivity contribution is -0.153. The molecule has 0 amide bonds. The molecule has 0 bridgehead atoms. The second kappa shape index (κ2) is 8.57. The monoisotopic (exact) mass is 350 g/mol. The Morgan fingerprint density at radius 2 is 1.72 bits per heavy atom. The van der Waals surface area contributed by atoms with Gasteiger partial charge in [0.15, 0.2) is 6.61 Å². The van der Waals surface area contributed by atoms with Crippen molar-refractivity contribution in [1.29, 1.82) is 0 Å². The van der Waals surface area contributed by atoms with Gasteiger partial charge in [-0.2, -0.15) is 13.2 Å². The average Bonchev–Trinajstić information content (AvgIpc) is 2.57. The summed E-state index contributed by atoms with van der Waals surface area (Å²) in [5.74, 6) is 5.28. The number of ether oxygens (including phenoxy) is 1. The van der Waals surface area contributed by atoms with E-state index in [9.17, 15) is 17.6 Å². The Labute approximate surface area is 144 Å². The summed E-state index contributed by atoms with van der Waals surface area (Å²) < 4.78 is 54.9. The van der Waals surface area contributed by atoms with Gasteiger partial charge in [0.2, 0.25) is 0 Å². The van der Waals surface area contributed by atoms with E-state index in [2.05, 4.69) is 23.5 Å². The van der Waals surface area contributed by atoms with Crippen LogP contribution in [0.3, 0.4) is 0 Å². The van der Waals surface area contributed by atoms with Gasteiger partial charge < -0.3 is 4.74 Å². The summed E-state index contributed by atoms with van der Waals surface area (Å²) in [4.78, 5) is 0. The predicted molar refractivity (Wildman–Crippen MR) is 89.0 cm³/mol. The summed E-state index contributed by atoms with van der Waals surface area (Å²) in [6.07, 6.45) is -1.49. The molecule has 0 aliphatic rings. The Morgan fingerprint density at radius 3 is 2.32 bits per heavy atom. The van der Waals surface area contributed by atoms with Crippen molar-refractivity contribution in [3.05, 3.63) is 65.0 Å². The first-order valence-electron chi connectivity index (χ1n) is 7.97. The van der Waals surface area contributed by atoms with Gasteiger partial charge in [0.05, 0.1) is 5.56 Å². The Bertz CT molecular complexity index is 752. The number of rotatable bonds is 5. The van der Waals surface area contributed by atoms with Gasteiger partial charge in [-0.05, 0) is 54.8 Å². The van der Waals surface area contributed by atoms with Gasteiger partial charge in [-0.3, -0.25) is 0 Å². The zero-order chi connectivity index (χ0) is 18.3. The maximum Gasteiger partial charge on any atom is 0.422 e. The van der Waals surface area contributed by atoms with Gasteiger partial charge in [0, 0.05) is 5.56 Å². The van der Waals surface area contributed by atoms with Crippen molar-refractivity contribution < 1.29 is 22.3 Å². The number of aryl methyl sites for hydroxylation is 1. The lowest BCUT2D eigenvalue weighted by Crippen LogP contribution is -2.19. The van der Waals surface area contributed by atoms with Gasteiger partial charge in [-0.15, -0.1) is 0 Å². The first-order chi connectivity index (χ1) is 11.9. The lowest BCUT2D eigenvalue weighted by Gasteiger charge is -2.08. The fourth-order valence-corrected chi connectivity index (χ4v) is 2.14. The highest BCUT2D eigenvalue weighted by Crippen LogP contribution is 2.19. The van der Waals surface area contributed by atoms with Crippen molar-refractivity contribution in [2.45, 2.75) is 32.4 Å². The molecule has 1 nitrogen and oxygen atoms in total. The fourth-order valence-electron chi connectivity index (χ4n) is 2.14. The molecular weight excluding hydrogens is 332 g/mol. The molecule has 0 aromatic heterocycles. The number of alkyl halides is 3. The zero-order valence-corrected chi connectivity index (χ0v) is 13.8. The highest BCUT2D eigenvalue weighted by Gasteiger charge is 2.28. The molecule has 0 aliphatic heterocycles. The number of hydrogen-bond acceptors (Lipinski definition) is 1. The van der Waals surface area contributed by atoms with Gasteiger partial charge in [-0.25, -0.2) is 4.39 Å². The topological polar surface area (TPSA) is 9.23 Å². The van der Waals surface area contributed by atoms with Crippen molar-refractivity contribution in [3.63, 3.8) is 0 Å². The van der Waals surface area contributed by atoms with Gasteiger partial charge in [0.25, 0.3) is 0 Å². The minimum Gasteiger partial charge on any atom is -0.484 e. The third kappa shape index (κ3) is 6.50. The van der Waals surface area contributed by atoms with E-state index in [-0.39, 0.29) is 17.1 Å². The Hall–Kier alpha value is -2.48. The van der Waals surface area contributed by atoms with Crippen molar-refractivity contribution in [1.82, 2.24) is 0 Å². The van der Waals surface area contributed by atoms with Gasteiger partial charge in [0.1, 0.15) is 11.6 Å². The predicted octanol–water partition coefficient (Wildman–Crippen LogP) is 5.51. The molecule has 0 fully saturated rings. The quantitative estimate of drug-likeness (QED) is 0.510. The molecule has 2 aromatic carbocycles. The van der Waals surface area contributed by atoms with Crippen LogP contribution in [0.4, 0.5) is 17.6 Å². The molecule has 2 rings (SSSR count). The van der Waals surface area contributed by atoms with Crippen LogP contribution in [-0.2, 0) is 6.42 Å². The highest BCUT2D eigenvalue weighted by atomic mass is 19.4. The molecule has 0 aliphatic carbocycles. The van der Waals surface area contributed by atoms with Gasteiger partial charge >= 0.3 is 6.18 Å². The van der Waals surface area contributed by atoms with E-state index in [0.29, 0.717) is 5.56 Å². The molecule has 0 spiro atoms. The summed E-state index contributed by atoms with van der Waals surface area (Å²) in [5.41, 5.74) is 1.79. The van der Waals surface area contributed by atoms with E-state index in [1.54, 1.807) is 6.07 Å². The molecule has 2 aromatic rings. The molecule has 0 saturated heterocycles. The molecule has 25 heavy (non-hydrogen) atoms. The zero-order valence-electron chi connectivity index (χ0n) is 13.8. The van der Waals surface area contributed by atoms with Crippen LogP contribution in [0.1, 0.15) is 36.5 Å². The fraction of sp³-hybridized carbons (Fsp3) is 0.300. The second-order valence-electron chi connectivity index (χ2n) is 5.60. The lowest BCUT2D eigenvalue weighted by atomic mass is 10.1. The number of hydrogen-bond donors (Lipinski definition) is 0. The summed E-state index contributed by atoms with van der Waals surface area (Å²) in [7, 11) is 0. The molecule has 0 radical (unpaired) electrons. The SMILES string of the molecule is CCCCc1ccc(C#Cc2ccc(OCC(F)(F)F)cc2)c(F)c1. The van der Waals surface area contributed by atoms with E-state index >= 15 is 0 Å². The molecule has 5 heteroatoms. The van der Waals surface area contributed by atoms with E-state index < -0.39 is 12.8 Å². The van der Waals surface area contributed by atoms with E-state index in [4.69, 9.17) is 0 Å².